The molecule has 0 spiro atoms. The van der Waals surface area contributed by atoms with Gasteiger partial charge in [-0.25, -0.2) is 9.97 Å². The van der Waals surface area contributed by atoms with Gasteiger partial charge in [0.25, 0.3) is 0 Å². The molecule has 0 fully saturated rings. The second-order valence-electron chi connectivity index (χ2n) is 8.48. The van der Waals surface area contributed by atoms with Gasteiger partial charge in [0, 0.05) is 48.9 Å². The Morgan fingerprint density at radius 2 is 1.91 bits per heavy atom. The number of hydrogen-bond acceptors (Lipinski definition) is 5. The van der Waals surface area contributed by atoms with Gasteiger partial charge in [0.1, 0.15) is 5.58 Å². The molecular weight excluding hydrogens is 443 g/mol. The minimum atomic E-state index is -4.38. The second-order valence-corrected chi connectivity index (χ2v) is 8.48. The number of halogens is 3. The molecule has 0 radical (unpaired) electrons. The highest BCUT2D eigenvalue weighted by Crippen LogP contribution is 2.30. The first-order valence-electron chi connectivity index (χ1n) is 11.1. The van der Waals surface area contributed by atoms with Gasteiger partial charge in [0.2, 0.25) is 0 Å². The number of alkyl halides is 3. The summed E-state index contributed by atoms with van der Waals surface area (Å²) in [6.45, 7) is 3.77. The van der Waals surface area contributed by atoms with Gasteiger partial charge in [0.05, 0.1) is 22.9 Å². The fraction of sp³-hybridized carbons (Fsp3) is 0.269. The lowest BCUT2D eigenvalue weighted by atomic mass is 10.0. The van der Waals surface area contributed by atoms with Crippen LogP contribution in [0.4, 0.5) is 13.2 Å². The van der Waals surface area contributed by atoms with Gasteiger partial charge in [-0.05, 0) is 36.2 Å². The number of aryl methyl sites for hydroxylation is 1. The SMILES string of the molecule is CCc1ccc2occ(CN3CCc4nc(-c5ccc(C(F)(F)F)cc5)ncc4C3)c(=O)c2c1. The monoisotopic (exact) mass is 465 g/mol. The van der Waals surface area contributed by atoms with Crippen LogP contribution in [0.5, 0.6) is 0 Å². The summed E-state index contributed by atoms with van der Waals surface area (Å²) < 4.78 is 44.1. The minimum Gasteiger partial charge on any atom is -0.464 e. The molecule has 8 heteroatoms. The van der Waals surface area contributed by atoms with Crippen molar-refractivity contribution in [3.63, 3.8) is 0 Å². The van der Waals surface area contributed by atoms with Crippen LogP contribution in [-0.2, 0) is 32.1 Å². The molecule has 0 saturated heterocycles. The zero-order valence-electron chi connectivity index (χ0n) is 18.5. The number of nitrogens with zero attached hydrogens (tertiary/aromatic N) is 3. The molecule has 174 valence electrons. The summed E-state index contributed by atoms with van der Waals surface area (Å²) >= 11 is 0. The largest absolute Gasteiger partial charge is 0.464 e. The summed E-state index contributed by atoms with van der Waals surface area (Å²) in [5, 5.41) is 0.596. The lowest BCUT2D eigenvalue weighted by Crippen LogP contribution is -2.32. The Morgan fingerprint density at radius 3 is 2.65 bits per heavy atom. The van der Waals surface area contributed by atoms with Crippen LogP contribution in [0, 0.1) is 0 Å². The molecule has 4 aromatic rings. The average Bonchev–Trinajstić information content (AvgIpc) is 2.85. The summed E-state index contributed by atoms with van der Waals surface area (Å²) in [6.07, 6.45) is 0.383. The smallest absolute Gasteiger partial charge is 0.416 e. The molecule has 2 aromatic heterocycles. The molecule has 5 rings (SSSR count). The normalized spacial score (nSPS) is 14.4. The quantitative estimate of drug-likeness (QED) is 0.405. The van der Waals surface area contributed by atoms with Crippen LogP contribution >= 0.6 is 0 Å². The van der Waals surface area contributed by atoms with Crippen molar-refractivity contribution in [1.82, 2.24) is 14.9 Å². The van der Waals surface area contributed by atoms with Crippen molar-refractivity contribution in [2.24, 2.45) is 0 Å². The van der Waals surface area contributed by atoms with Crippen molar-refractivity contribution in [3.05, 3.63) is 93.1 Å². The van der Waals surface area contributed by atoms with Crippen molar-refractivity contribution in [2.75, 3.05) is 6.54 Å². The number of rotatable bonds is 4. The third-order valence-electron chi connectivity index (χ3n) is 6.19. The summed E-state index contributed by atoms with van der Waals surface area (Å²) in [7, 11) is 0. The molecule has 1 aliphatic rings. The number of fused-ring (bicyclic) bond motifs is 2. The Kier molecular flexibility index (Phi) is 5.69. The molecule has 2 aromatic carbocycles. The summed E-state index contributed by atoms with van der Waals surface area (Å²) in [4.78, 5) is 24.1. The van der Waals surface area contributed by atoms with E-state index in [2.05, 4.69) is 14.9 Å². The Labute approximate surface area is 193 Å². The van der Waals surface area contributed by atoms with Crippen LogP contribution in [-0.4, -0.2) is 21.4 Å². The van der Waals surface area contributed by atoms with E-state index in [4.69, 9.17) is 4.42 Å². The first kappa shape index (κ1) is 22.3. The lowest BCUT2D eigenvalue weighted by molar-refractivity contribution is -0.137. The van der Waals surface area contributed by atoms with E-state index in [0.717, 1.165) is 35.4 Å². The van der Waals surface area contributed by atoms with Crippen LogP contribution in [0.25, 0.3) is 22.4 Å². The maximum Gasteiger partial charge on any atom is 0.416 e. The third-order valence-corrected chi connectivity index (χ3v) is 6.19. The maximum atomic E-state index is 13.0. The van der Waals surface area contributed by atoms with Gasteiger partial charge in [-0.15, -0.1) is 0 Å². The van der Waals surface area contributed by atoms with Crippen molar-refractivity contribution in [2.45, 2.75) is 39.0 Å². The molecular formula is C26H22F3N3O2. The van der Waals surface area contributed by atoms with E-state index in [1.165, 1.54) is 18.4 Å². The Hall–Kier alpha value is -3.52. The molecule has 34 heavy (non-hydrogen) atoms. The molecule has 3 heterocycles. The average molecular weight is 465 g/mol. The molecule has 5 nitrogen and oxygen atoms in total. The minimum absolute atomic E-state index is 0.0174. The van der Waals surface area contributed by atoms with Gasteiger partial charge in [-0.2, -0.15) is 13.2 Å². The summed E-state index contributed by atoms with van der Waals surface area (Å²) in [5.41, 5.74) is 3.92. The first-order chi connectivity index (χ1) is 16.3. The summed E-state index contributed by atoms with van der Waals surface area (Å²) in [5.74, 6) is 0.405. The molecule has 0 unspecified atom stereocenters. The molecule has 0 saturated carbocycles. The Morgan fingerprint density at radius 1 is 1.12 bits per heavy atom. The van der Waals surface area contributed by atoms with E-state index in [1.807, 2.05) is 25.1 Å². The van der Waals surface area contributed by atoms with Crippen molar-refractivity contribution in [1.29, 1.82) is 0 Å². The molecule has 0 atom stereocenters. The van der Waals surface area contributed by atoms with Gasteiger partial charge in [0.15, 0.2) is 11.3 Å². The van der Waals surface area contributed by atoms with Crippen LogP contribution in [0.3, 0.4) is 0 Å². The number of benzene rings is 2. The highest BCUT2D eigenvalue weighted by atomic mass is 19.4. The predicted molar refractivity (Wildman–Crippen MR) is 122 cm³/mol. The molecule has 0 bridgehead atoms. The van der Waals surface area contributed by atoms with E-state index < -0.39 is 11.7 Å². The second kappa shape index (κ2) is 8.68. The molecule has 0 N–H and O–H groups in total. The van der Waals surface area contributed by atoms with E-state index in [1.54, 1.807) is 6.20 Å². The number of hydrogen-bond donors (Lipinski definition) is 0. The number of aromatic nitrogens is 2. The van der Waals surface area contributed by atoms with Crippen molar-refractivity contribution < 1.29 is 17.6 Å². The van der Waals surface area contributed by atoms with Crippen LogP contribution in [0.1, 0.15) is 34.9 Å². The van der Waals surface area contributed by atoms with E-state index in [-0.39, 0.29) is 5.43 Å². The Bertz CT molecular complexity index is 1410. The van der Waals surface area contributed by atoms with E-state index in [9.17, 15) is 18.0 Å². The van der Waals surface area contributed by atoms with Gasteiger partial charge in [-0.1, -0.05) is 25.1 Å². The van der Waals surface area contributed by atoms with Crippen LogP contribution in [0.15, 0.2) is 64.1 Å². The van der Waals surface area contributed by atoms with Crippen molar-refractivity contribution in [3.8, 4) is 11.4 Å². The maximum absolute atomic E-state index is 13.0. The standard InChI is InChI=1S/C26H22F3N3O2/c1-2-16-3-8-23-21(11-16)24(33)19(15-34-23)14-32-10-9-22-18(13-32)12-30-25(31-22)17-4-6-20(7-5-17)26(27,28)29/h3-8,11-12,15H,2,9-10,13-14H2,1H3. The zero-order valence-corrected chi connectivity index (χ0v) is 18.5. The van der Waals surface area contributed by atoms with Crippen LogP contribution in [0.2, 0.25) is 0 Å². The fourth-order valence-corrected chi connectivity index (χ4v) is 4.25. The van der Waals surface area contributed by atoms with Crippen molar-refractivity contribution >= 4 is 11.0 Å². The zero-order chi connectivity index (χ0) is 23.9. The van der Waals surface area contributed by atoms with Gasteiger partial charge in [-0.3, -0.25) is 9.69 Å². The predicted octanol–water partition coefficient (Wildman–Crippen LogP) is 5.39. The van der Waals surface area contributed by atoms with Crippen LogP contribution < -0.4 is 5.43 Å². The lowest BCUT2D eigenvalue weighted by Gasteiger charge is -2.27. The molecule has 1 aliphatic heterocycles. The summed E-state index contributed by atoms with van der Waals surface area (Å²) in [6, 6.07) is 10.6. The third kappa shape index (κ3) is 4.33. The fourth-order valence-electron chi connectivity index (χ4n) is 4.25. The highest BCUT2D eigenvalue weighted by Gasteiger charge is 2.30. The topological polar surface area (TPSA) is 59.2 Å². The van der Waals surface area contributed by atoms with E-state index >= 15 is 0 Å². The van der Waals surface area contributed by atoms with E-state index in [0.29, 0.717) is 54.0 Å². The molecule has 0 amide bonds. The highest BCUT2D eigenvalue weighted by molar-refractivity contribution is 5.77. The molecule has 0 aliphatic carbocycles. The van der Waals surface area contributed by atoms with Gasteiger partial charge < -0.3 is 4.42 Å². The van der Waals surface area contributed by atoms with Gasteiger partial charge >= 0.3 is 6.18 Å². The Balaban J connectivity index is 1.34. The first-order valence-corrected chi connectivity index (χ1v) is 11.1.